The number of halogens is 1. The molecule has 0 unspecified atom stereocenters. The van der Waals surface area contributed by atoms with Crippen LogP contribution in [0.25, 0.3) is 22.0 Å². The Balaban J connectivity index is 1.58. The third kappa shape index (κ3) is 5.49. The number of carbonyl (C=O) groups excluding carboxylic acids is 2. The zero-order valence-electron chi connectivity index (χ0n) is 23.9. The van der Waals surface area contributed by atoms with Crippen LogP contribution >= 0.6 is 0 Å². The van der Waals surface area contributed by atoms with Crippen molar-refractivity contribution >= 4 is 22.7 Å². The fourth-order valence-electron chi connectivity index (χ4n) is 5.69. The predicted molar refractivity (Wildman–Crippen MR) is 157 cm³/mol. The quantitative estimate of drug-likeness (QED) is 0.370. The van der Waals surface area contributed by atoms with Gasteiger partial charge in [-0.25, -0.2) is 4.39 Å². The van der Waals surface area contributed by atoms with Crippen molar-refractivity contribution in [2.75, 3.05) is 26.7 Å². The van der Waals surface area contributed by atoms with Crippen molar-refractivity contribution in [2.24, 2.45) is 13.0 Å². The zero-order chi connectivity index (χ0) is 29.3. The zero-order valence-corrected chi connectivity index (χ0v) is 23.9. The first-order chi connectivity index (χ1) is 19.7. The van der Waals surface area contributed by atoms with Crippen LogP contribution in [0.4, 0.5) is 4.39 Å². The van der Waals surface area contributed by atoms with E-state index in [0.717, 1.165) is 27.6 Å². The number of rotatable bonds is 5. The Morgan fingerprint density at radius 3 is 2.51 bits per heavy atom. The molecule has 0 spiro atoms. The Morgan fingerprint density at radius 2 is 1.78 bits per heavy atom. The van der Waals surface area contributed by atoms with Gasteiger partial charge in [0.05, 0.1) is 25.4 Å². The minimum Gasteiger partial charge on any atom is -0.394 e. The highest BCUT2D eigenvalue weighted by Gasteiger charge is 2.34. The van der Waals surface area contributed by atoms with Crippen molar-refractivity contribution in [3.8, 4) is 11.1 Å². The van der Waals surface area contributed by atoms with Crippen LogP contribution in [0.2, 0.25) is 0 Å². The number of aliphatic hydroxyl groups is 1. The van der Waals surface area contributed by atoms with Crippen LogP contribution in [0.3, 0.4) is 0 Å². The van der Waals surface area contributed by atoms with E-state index in [1.54, 1.807) is 16.8 Å². The smallest absolute Gasteiger partial charge is 0.271 e. The van der Waals surface area contributed by atoms with Gasteiger partial charge in [-0.1, -0.05) is 49.4 Å². The number of hydrogen-bond donors (Lipinski definition) is 1. The monoisotopic (exact) mass is 557 g/mol. The number of benzene rings is 3. The van der Waals surface area contributed by atoms with Gasteiger partial charge in [0.2, 0.25) is 0 Å². The second-order valence-electron chi connectivity index (χ2n) is 11.0. The average molecular weight is 558 g/mol. The molecule has 0 radical (unpaired) electrons. The highest BCUT2D eigenvalue weighted by Crippen LogP contribution is 2.38. The molecule has 1 N–H and O–H groups in total. The van der Waals surface area contributed by atoms with E-state index in [1.807, 2.05) is 74.0 Å². The summed E-state index contributed by atoms with van der Waals surface area (Å²) in [4.78, 5) is 30.9. The van der Waals surface area contributed by atoms with Gasteiger partial charge in [0.25, 0.3) is 11.8 Å². The summed E-state index contributed by atoms with van der Waals surface area (Å²) < 4.78 is 21.9. The lowest BCUT2D eigenvalue weighted by Gasteiger charge is -2.35. The molecule has 2 heterocycles. The maximum absolute atomic E-state index is 14.4. The number of aromatic nitrogens is 1. The lowest BCUT2D eigenvalue weighted by Crippen LogP contribution is -2.48. The fourth-order valence-corrected chi connectivity index (χ4v) is 5.69. The Labute approximate surface area is 239 Å². The molecule has 41 heavy (non-hydrogen) atoms. The van der Waals surface area contributed by atoms with Crippen molar-refractivity contribution < 1.29 is 23.8 Å². The average Bonchev–Trinajstić information content (AvgIpc) is 3.28. The molecule has 1 aromatic heterocycles. The molecule has 8 heteroatoms. The minimum absolute atomic E-state index is 0.168. The van der Waals surface area contributed by atoms with Crippen LogP contribution in [0.5, 0.6) is 0 Å². The number of aliphatic hydroxyl groups excluding tert-OH is 1. The highest BCUT2D eigenvalue weighted by molar-refractivity contribution is 6.10. The molecule has 4 aromatic rings. The number of ether oxygens (including phenoxy) is 1. The summed E-state index contributed by atoms with van der Waals surface area (Å²) in [6.45, 7) is 4.52. The summed E-state index contributed by atoms with van der Waals surface area (Å²) >= 11 is 0. The number of para-hydroxylation sites is 1. The van der Waals surface area contributed by atoms with Crippen molar-refractivity contribution in [3.05, 3.63) is 95.4 Å². The molecule has 0 aliphatic carbocycles. The largest absolute Gasteiger partial charge is 0.394 e. The second-order valence-corrected chi connectivity index (χ2v) is 11.0. The molecule has 3 atom stereocenters. The van der Waals surface area contributed by atoms with Gasteiger partial charge in [0.15, 0.2) is 0 Å². The van der Waals surface area contributed by atoms with Gasteiger partial charge >= 0.3 is 0 Å². The molecule has 7 nitrogen and oxygen atoms in total. The molecule has 0 saturated heterocycles. The summed E-state index contributed by atoms with van der Waals surface area (Å²) in [5.41, 5.74) is 4.59. The minimum atomic E-state index is -0.439. The van der Waals surface area contributed by atoms with Gasteiger partial charge < -0.3 is 24.2 Å². The molecular weight excluding hydrogens is 521 g/mol. The van der Waals surface area contributed by atoms with Crippen LogP contribution in [0.15, 0.2) is 72.8 Å². The standard InChI is InChI=1S/C33H36FN3O4/c1-21-17-37(22(2)19-38)33(40)31-30(27-11-7-8-12-28(27)36(31)4)26-10-6-5-9-24(26)20-41-29(21)18-35(3)32(39)23-13-15-25(34)16-14-23/h5-16,21-22,29,38H,17-20H2,1-4H3/t21-,22-,29+/m0/s1. The molecule has 3 aromatic carbocycles. The van der Waals surface area contributed by atoms with Gasteiger partial charge in [-0.3, -0.25) is 9.59 Å². The molecule has 0 saturated carbocycles. The summed E-state index contributed by atoms with van der Waals surface area (Å²) in [7, 11) is 3.60. The lowest BCUT2D eigenvalue weighted by molar-refractivity contribution is -0.0210. The van der Waals surface area contributed by atoms with Gasteiger partial charge in [-0.05, 0) is 48.4 Å². The van der Waals surface area contributed by atoms with E-state index in [-0.39, 0.29) is 37.5 Å². The number of fused-ring (bicyclic) bond motifs is 5. The maximum atomic E-state index is 14.4. The van der Waals surface area contributed by atoms with E-state index in [9.17, 15) is 19.1 Å². The van der Waals surface area contributed by atoms with Crippen LogP contribution in [0.1, 0.15) is 40.3 Å². The van der Waals surface area contributed by atoms with E-state index in [0.29, 0.717) is 17.8 Å². The van der Waals surface area contributed by atoms with Crippen LogP contribution in [0, 0.1) is 11.7 Å². The summed E-state index contributed by atoms with van der Waals surface area (Å²) in [6.07, 6.45) is -0.420. The molecule has 214 valence electrons. The molecule has 1 aliphatic rings. The number of carbonyl (C=O) groups is 2. The van der Waals surface area contributed by atoms with Gasteiger partial charge in [-0.15, -0.1) is 0 Å². The normalized spacial score (nSPS) is 18.4. The topological polar surface area (TPSA) is 75.0 Å². The van der Waals surface area contributed by atoms with Crippen molar-refractivity contribution in [3.63, 3.8) is 0 Å². The number of nitrogens with zero attached hydrogens (tertiary/aromatic N) is 3. The molecule has 2 amide bonds. The summed E-state index contributed by atoms with van der Waals surface area (Å²) in [5, 5.41) is 11.1. The number of amides is 2. The Bertz CT molecular complexity index is 1560. The van der Waals surface area contributed by atoms with Crippen LogP contribution in [-0.4, -0.2) is 70.2 Å². The molecule has 0 fully saturated rings. The van der Waals surface area contributed by atoms with E-state index in [1.165, 1.54) is 24.3 Å². The highest BCUT2D eigenvalue weighted by atomic mass is 19.1. The van der Waals surface area contributed by atoms with Crippen LogP contribution in [-0.2, 0) is 18.4 Å². The fraction of sp³-hybridized carbons (Fsp3) is 0.333. The first kappa shape index (κ1) is 28.5. The first-order valence-corrected chi connectivity index (χ1v) is 13.9. The third-order valence-electron chi connectivity index (χ3n) is 8.12. The number of hydrogen-bond acceptors (Lipinski definition) is 4. The predicted octanol–water partition coefficient (Wildman–Crippen LogP) is 5.11. The van der Waals surface area contributed by atoms with E-state index in [4.69, 9.17) is 4.74 Å². The molecular formula is C33H36FN3O4. The number of likely N-dealkylation sites (N-methyl/N-ethyl adjacent to an activating group) is 1. The lowest BCUT2D eigenvalue weighted by atomic mass is 9.96. The first-order valence-electron chi connectivity index (χ1n) is 13.9. The van der Waals surface area contributed by atoms with Crippen molar-refractivity contribution in [1.82, 2.24) is 14.4 Å². The summed E-state index contributed by atoms with van der Waals surface area (Å²) in [6, 6.07) is 20.9. The Hall–Kier alpha value is -4.01. The number of aryl methyl sites for hydroxylation is 1. The third-order valence-corrected chi connectivity index (χ3v) is 8.12. The Morgan fingerprint density at radius 1 is 1.10 bits per heavy atom. The molecule has 0 bridgehead atoms. The van der Waals surface area contributed by atoms with Crippen molar-refractivity contribution in [2.45, 2.75) is 32.6 Å². The maximum Gasteiger partial charge on any atom is 0.271 e. The molecule has 5 rings (SSSR count). The van der Waals surface area contributed by atoms with Crippen LogP contribution < -0.4 is 0 Å². The van der Waals surface area contributed by atoms with Gasteiger partial charge in [0, 0.05) is 55.1 Å². The van der Waals surface area contributed by atoms with E-state index >= 15 is 0 Å². The van der Waals surface area contributed by atoms with E-state index < -0.39 is 18.0 Å². The summed E-state index contributed by atoms with van der Waals surface area (Å²) in [5.74, 6) is -0.996. The molecule has 1 aliphatic heterocycles. The SMILES string of the molecule is C[C@H]1CN([C@@H](C)CO)C(=O)c2c(c3ccccc3n2C)-c2ccccc2CO[C@@H]1CN(C)C(=O)c1ccc(F)cc1. The second kappa shape index (κ2) is 11.8. The Kier molecular flexibility index (Phi) is 8.24. The van der Waals surface area contributed by atoms with Gasteiger partial charge in [0.1, 0.15) is 11.5 Å². The van der Waals surface area contributed by atoms with Crippen molar-refractivity contribution in [1.29, 1.82) is 0 Å². The van der Waals surface area contributed by atoms with Gasteiger partial charge in [-0.2, -0.15) is 0 Å². The van der Waals surface area contributed by atoms with E-state index in [2.05, 4.69) is 0 Å².